The second kappa shape index (κ2) is 8.89. The lowest BCUT2D eigenvalue weighted by Crippen LogP contribution is -2.42. The van der Waals surface area contributed by atoms with Gasteiger partial charge in [0.2, 0.25) is 5.91 Å². The maximum Gasteiger partial charge on any atom is 0.321 e. The van der Waals surface area contributed by atoms with Gasteiger partial charge in [-0.05, 0) is 31.7 Å². The fourth-order valence-electron chi connectivity index (χ4n) is 1.93. The number of nitrogens with zero attached hydrogens (tertiary/aromatic N) is 1. The van der Waals surface area contributed by atoms with Crippen LogP contribution in [0.2, 0.25) is 0 Å². The highest BCUT2D eigenvalue weighted by Crippen LogP contribution is 2.28. The van der Waals surface area contributed by atoms with E-state index < -0.39 is 6.03 Å². The Morgan fingerprint density at radius 1 is 1.27 bits per heavy atom. The highest BCUT2D eigenvalue weighted by molar-refractivity contribution is 5.95. The molecular formula is C15H23N3O4. The van der Waals surface area contributed by atoms with Crippen LogP contribution < -0.4 is 20.1 Å². The number of likely N-dealkylation sites (N-methyl/N-ethyl adjacent to an activating group) is 1. The first-order valence-corrected chi connectivity index (χ1v) is 7.00. The van der Waals surface area contributed by atoms with Crippen molar-refractivity contribution in [2.24, 2.45) is 0 Å². The molecule has 0 fully saturated rings. The summed E-state index contributed by atoms with van der Waals surface area (Å²) in [6.07, 6.45) is 0. The Hall–Kier alpha value is -2.28. The van der Waals surface area contributed by atoms with E-state index in [9.17, 15) is 9.59 Å². The van der Waals surface area contributed by atoms with E-state index in [2.05, 4.69) is 10.6 Å². The zero-order chi connectivity index (χ0) is 16.5. The van der Waals surface area contributed by atoms with E-state index in [1.807, 2.05) is 25.1 Å². The molecule has 0 aromatic heterocycles. The number of hydrogen-bond acceptors (Lipinski definition) is 5. The van der Waals surface area contributed by atoms with Gasteiger partial charge >= 0.3 is 6.03 Å². The molecule has 0 heterocycles. The van der Waals surface area contributed by atoms with Crippen LogP contribution in [-0.4, -0.2) is 51.2 Å². The van der Waals surface area contributed by atoms with Gasteiger partial charge in [-0.15, -0.1) is 0 Å². The van der Waals surface area contributed by atoms with Gasteiger partial charge in [-0.3, -0.25) is 15.0 Å². The molecule has 2 N–H and O–H groups in total. The molecule has 0 saturated heterocycles. The van der Waals surface area contributed by atoms with Crippen LogP contribution in [-0.2, 0) is 11.3 Å². The van der Waals surface area contributed by atoms with Gasteiger partial charge in [-0.25, -0.2) is 4.79 Å². The molecule has 0 atom stereocenters. The molecule has 0 spiro atoms. The number of methoxy groups -OCH3 is 1. The second-order valence-electron chi connectivity index (χ2n) is 4.72. The molecule has 0 unspecified atom stereocenters. The maximum atomic E-state index is 11.6. The number of benzene rings is 1. The molecule has 0 radical (unpaired) electrons. The van der Waals surface area contributed by atoms with Crippen LogP contribution in [0.15, 0.2) is 18.2 Å². The Labute approximate surface area is 130 Å². The summed E-state index contributed by atoms with van der Waals surface area (Å²) in [5.74, 6) is 0.982. The standard InChI is InChI=1S/C15H23N3O4/c1-5-22-12-7-6-11(8-13(12)21-4)9-18(3)10-14(19)17-15(20)16-2/h6-8H,5,9-10H2,1-4H3,(H2,16,17,19,20). The summed E-state index contributed by atoms with van der Waals surface area (Å²) in [5, 5.41) is 4.55. The molecule has 0 aliphatic rings. The summed E-state index contributed by atoms with van der Waals surface area (Å²) in [7, 11) is 4.84. The van der Waals surface area contributed by atoms with E-state index in [1.54, 1.807) is 19.1 Å². The maximum absolute atomic E-state index is 11.6. The van der Waals surface area contributed by atoms with Gasteiger partial charge in [0.25, 0.3) is 0 Å². The van der Waals surface area contributed by atoms with E-state index in [-0.39, 0.29) is 12.5 Å². The Balaban J connectivity index is 2.62. The van der Waals surface area contributed by atoms with Crippen molar-refractivity contribution >= 4 is 11.9 Å². The van der Waals surface area contributed by atoms with Crippen molar-refractivity contribution in [3.8, 4) is 11.5 Å². The predicted molar refractivity (Wildman–Crippen MR) is 83.1 cm³/mol. The number of hydrogen-bond donors (Lipinski definition) is 2. The predicted octanol–water partition coefficient (Wildman–Crippen LogP) is 0.981. The van der Waals surface area contributed by atoms with Gasteiger partial charge in [0, 0.05) is 13.6 Å². The number of ether oxygens (including phenoxy) is 2. The van der Waals surface area contributed by atoms with Gasteiger partial charge in [0.05, 0.1) is 20.3 Å². The average molecular weight is 309 g/mol. The molecule has 122 valence electrons. The highest BCUT2D eigenvalue weighted by Gasteiger charge is 2.11. The lowest BCUT2D eigenvalue weighted by Gasteiger charge is -2.17. The van der Waals surface area contributed by atoms with E-state index in [0.717, 1.165) is 5.56 Å². The number of carbonyl (C=O) groups is 2. The minimum Gasteiger partial charge on any atom is -0.493 e. The lowest BCUT2D eigenvalue weighted by molar-refractivity contribution is -0.120. The van der Waals surface area contributed by atoms with Crippen LogP contribution in [0.4, 0.5) is 4.79 Å². The quantitative estimate of drug-likeness (QED) is 0.785. The van der Waals surface area contributed by atoms with Gasteiger partial charge < -0.3 is 14.8 Å². The molecule has 1 aromatic carbocycles. The first-order valence-electron chi connectivity index (χ1n) is 7.00. The molecular weight excluding hydrogens is 286 g/mol. The zero-order valence-corrected chi connectivity index (χ0v) is 13.4. The first kappa shape index (κ1) is 17.8. The van der Waals surface area contributed by atoms with Crippen molar-refractivity contribution in [1.82, 2.24) is 15.5 Å². The number of amides is 3. The number of urea groups is 1. The molecule has 1 aromatic rings. The third-order valence-corrected chi connectivity index (χ3v) is 2.87. The van der Waals surface area contributed by atoms with Crippen molar-refractivity contribution in [3.05, 3.63) is 23.8 Å². The average Bonchev–Trinajstić information content (AvgIpc) is 2.48. The van der Waals surface area contributed by atoms with Crippen molar-refractivity contribution in [3.63, 3.8) is 0 Å². The molecule has 0 aliphatic heterocycles. The minimum absolute atomic E-state index is 0.114. The fourth-order valence-corrected chi connectivity index (χ4v) is 1.93. The van der Waals surface area contributed by atoms with E-state index >= 15 is 0 Å². The minimum atomic E-state index is -0.513. The molecule has 7 heteroatoms. The highest BCUT2D eigenvalue weighted by atomic mass is 16.5. The number of carbonyl (C=O) groups excluding carboxylic acids is 2. The third kappa shape index (κ3) is 5.61. The van der Waals surface area contributed by atoms with Gasteiger partial charge in [0.1, 0.15) is 0 Å². The monoisotopic (exact) mass is 309 g/mol. The molecule has 0 aliphatic carbocycles. The molecule has 0 bridgehead atoms. The van der Waals surface area contributed by atoms with E-state index in [0.29, 0.717) is 24.7 Å². The van der Waals surface area contributed by atoms with Gasteiger partial charge in [-0.1, -0.05) is 6.07 Å². The molecule has 7 nitrogen and oxygen atoms in total. The Bertz CT molecular complexity index is 520. The number of rotatable bonds is 7. The zero-order valence-electron chi connectivity index (χ0n) is 13.4. The molecule has 22 heavy (non-hydrogen) atoms. The number of nitrogens with one attached hydrogen (secondary N) is 2. The van der Waals surface area contributed by atoms with E-state index in [1.165, 1.54) is 7.05 Å². The van der Waals surface area contributed by atoms with Crippen molar-refractivity contribution in [2.75, 3.05) is 34.4 Å². The SMILES string of the molecule is CCOc1ccc(CN(C)CC(=O)NC(=O)NC)cc1OC. The molecule has 0 saturated carbocycles. The summed E-state index contributed by atoms with van der Waals surface area (Å²) in [6.45, 7) is 3.13. The van der Waals surface area contributed by atoms with Crippen LogP contribution in [0.25, 0.3) is 0 Å². The van der Waals surface area contributed by atoms with Crippen LogP contribution in [0.5, 0.6) is 11.5 Å². The van der Waals surface area contributed by atoms with Crippen LogP contribution in [0.1, 0.15) is 12.5 Å². The summed E-state index contributed by atoms with van der Waals surface area (Å²) < 4.78 is 10.8. The van der Waals surface area contributed by atoms with Crippen LogP contribution in [0.3, 0.4) is 0 Å². The normalized spacial score (nSPS) is 10.2. The Kier molecular flexibility index (Phi) is 7.18. The first-order chi connectivity index (χ1) is 10.5. The lowest BCUT2D eigenvalue weighted by atomic mass is 10.2. The fraction of sp³-hybridized carbons (Fsp3) is 0.467. The van der Waals surface area contributed by atoms with Gasteiger partial charge in [-0.2, -0.15) is 0 Å². The molecule has 3 amide bonds. The van der Waals surface area contributed by atoms with Crippen molar-refractivity contribution < 1.29 is 19.1 Å². The largest absolute Gasteiger partial charge is 0.493 e. The summed E-state index contributed by atoms with van der Waals surface area (Å²) >= 11 is 0. The number of imide groups is 1. The van der Waals surface area contributed by atoms with Gasteiger partial charge in [0.15, 0.2) is 11.5 Å². The van der Waals surface area contributed by atoms with Crippen LogP contribution >= 0.6 is 0 Å². The Morgan fingerprint density at radius 3 is 2.59 bits per heavy atom. The summed E-state index contributed by atoms with van der Waals surface area (Å²) in [5.41, 5.74) is 0.982. The van der Waals surface area contributed by atoms with Crippen molar-refractivity contribution in [1.29, 1.82) is 0 Å². The summed E-state index contributed by atoms with van der Waals surface area (Å²) in [4.78, 5) is 24.5. The second-order valence-corrected chi connectivity index (χ2v) is 4.72. The summed E-state index contributed by atoms with van der Waals surface area (Å²) in [6, 6.07) is 5.12. The third-order valence-electron chi connectivity index (χ3n) is 2.87. The smallest absolute Gasteiger partial charge is 0.321 e. The Morgan fingerprint density at radius 2 is 2.00 bits per heavy atom. The van der Waals surface area contributed by atoms with Crippen LogP contribution in [0, 0.1) is 0 Å². The van der Waals surface area contributed by atoms with Crippen molar-refractivity contribution in [2.45, 2.75) is 13.5 Å². The molecule has 1 rings (SSSR count). The van der Waals surface area contributed by atoms with E-state index in [4.69, 9.17) is 9.47 Å². The topological polar surface area (TPSA) is 79.9 Å².